The molecule has 92 valence electrons. The summed E-state index contributed by atoms with van der Waals surface area (Å²) in [7, 11) is 1.78. The zero-order chi connectivity index (χ0) is 12.7. The average molecular weight is 250 g/mol. The molecule has 0 heterocycles. The molecule has 0 aliphatic rings. The summed E-state index contributed by atoms with van der Waals surface area (Å²) in [6, 6.07) is 8.14. The molecule has 1 N–H and O–H groups in total. The van der Waals surface area contributed by atoms with Crippen molar-refractivity contribution in [2.45, 2.75) is 11.4 Å². The number of thioether (sulfide) groups is 1. The summed E-state index contributed by atoms with van der Waals surface area (Å²) in [5, 5.41) is 2.74. The fourth-order valence-corrected chi connectivity index (χ4v) is 1.78. The molecule has 1 aromatic rings. The molecule has 0 aliphatic carbocycles. The Balaban J connectivity index is 2.51. The van der Waals surface area contributed by atoms with E-state index in [9.17, 15) is 4.79 Å². The molecule has 0 atom stereocenters. The summed E-state index contributed by atoms with van der Waals surface area (Å²) in [4.78, 5) is 14.5. The summed E-state index contributed by atoms with van der Waals surface area (Å²) in [5.74, 6) is 0. The third-order valence-corrected chi connectivity index (χ3v) is 3.07. The number of carbonyl (C=O) groups excluding carboxylic acids is 1. The summed E-state index contributed by atoms with van der Waals surface area (Å²) >= 11 is 1.71. The van der Waals surface area contributed by atoms with Gasteiger partial charge >= 0.3 is 6.03 Å². The topological polar surface area (TPSA) is 32.3 Å². The molecule has 17 heavy (non-hydrogen) atoms. The van der Waals surface area contributed by atoms with Gasteiger partial charge in [-0.25, -0.2) is 4.79 Å². The third-order valence-electron chi connectivity index (χ3n) is 2.32. The van der Waals surface area contributed by atoms with E-state index in [0.29, 0.717) is 13.1 Å². The Morgan fingerprint density at radius 2 is 2.12 bits per heavy atom. The number of nitrogens with one attached hydrogen (secondary N) is 1. The third kappa shape index (κ3) is 4.53. The molecule has 0 saturated carbocycles. The van der Waals surface area contributed by atoms with E-state index in [1.807, 2.05) is 18.4 Å². The lowest BCUT2D eigenvalue weighted by Gasteiger charge is -2.17. The number of hydrogen-bond acceptors (Lipinski definition) is 2. The number of hydrogen-bond donors (Lipinski definition) is 1. The second kappa shape index (κ2) is 7.01. The minimum Gasteiger partial charge on any atom is -0.335 e. The summed E-state index contributed by atoms with van der Waals surface area (Å²) < 4.78 is 0. The minimum absolute atomic E-state index is 0.0844. The lowest BCUT2D eigenvalue weighted by Crippen LogP contribution is -2.36. The standard InChI is InChI=1S/C13H18N2OS/c1-4-9-14-13(16)15(2)10-11-5-7-12(17-3)8-6-11/h4-8H,1,9-10H2,2-3H3,(H,14,16). The van der Waals surface area contributed by atoms with Crippen molar-refractivity contribution in [3.8, 4) is 0 Å². The van der Waals surface area contributed by atoms with E-state index in [1.165, 1.54) is 4.90 Å². The van der Waals surface area contributed by atoms with Gasteiger partial charge in [-0.15, -0.1) is 18.3 Å². The van der Waals surface area contributed by atoms with Crippen LogP contribution < -0.4 is 5.32 Å². The first-order chi connectivity index (χ1) is 8.17. The van der Waals surface area contributed by atoms with Crippen molar-refractivity contribution < 1.29 is 4.79 Å². The molecular formula is C13H18N2OS. The zero-order valence-corrected chi connectivity index (χ0v) is 11.1. The van der Waals surface area contributed by atoms with Crippen LogP contribution in [0.15, 0.2) is 41.8 Å². The van der Waals surface area contributed by atoms with Gasteiger partial charge in [0.25, 0.3) is 0 Å². The van der Waals surface area contributed by atoms with Crippen molar-refractivity contribution in [1.29, 1.82) is 0 Å². The number of rotatable bonds is 5. The predicted octanol–water partition coefficient (Wildman–Crippen LogP) is 2.74. The zero-order valence-electron chi connectivity index (χ0n) is 10.3. The van der Waals surface area contributed by atoms with Crippen molar-refractivity contribution in [2.75, 3.05) is 19.8 Å². The van der Waals surface area contributed by atoms with Crippen molar-refractivity contribution >= 4 is 17.8 Å². The molecule has 0 fully saturated rings. The van der Waals surface area contributed by atoms with Crippen LogP contribution in [0.2, 0.25) is 0 Å². The second-order valence-corrected chi connectivity index (χ2v) is 4.56. The monoisotopic (exact) mass is 250 g/mol. The quantitative estimate of drug-likeness (QED) is 0.644. The van der Waals surface area contributed by atoms with Gasteiger partial charge in [-0.1, -0.05) is 18.2 Å². The largest absolute Gasteiger partial charge is 0.335 e. The SMILES string of the molecule is C=CCNC(=O)N(C)Cc1ccc(SC)cc1. The Morgan fingerprint density at radius 1 is 1.47 bits per heavy atom. The number of nitrogens with zero attached hydrogens (tertiary/aromatic N) is 1. The normalized spacial score (nSPS) is 9.76. The molecule has 1 aromatic carbocycles. The predicted molar refractivity (Wildman–Crippen MR) is 73.3 cm³/mol. The molecule has 0 unspecified atom stereocenters. The average Bonchev–Trinajstić information content (AvgIpc) is 2.36. The van der Waals surface area contributed by atoms with Gasteiger partial charge in [-0.05, 0) is 24.0 Å². The first-order valence-corrected chi connectivity index (χ1v) is 6.62. The highest BCUT2D eigenvalue weighted by molar-refractivity contribution is 7.98. The van der Waals surface area contributed by atoms with E-state index in [1.54, 1.807) is 29.8 Å². The lowest BCUT2D eigenvalue weighted by atomic mass is 10.2. The van der Waals surface area contributed by atoms with Crippen LogP contribution in [0.25, 0.3) is 0 Å². The van der Waals surface area contributed by atoms with Gasteiger partial charge in [-0.2, -0.15) is 0 Å². The van der Waals surface area contributed by atoms with Crippen LogP contribution in [0.1, 0.15) is 5.56 Å². The Kier molecular flexibility index (Phi) is 5.63. The van der Waals surface area contributed by atoms with Crippen LogP contribution in [-0.4, -0.2) is 30.8 Å². The molecule has 1 rings (SSSR count). The highest BCUT2D eigenvalue weighted by atomic mass is 32.2. The van der Waals surface area contributed by atoms with Crippen LogP contribution in [0.5, 0.6) is 0 Å². The fourth-order valence-electron chi connectivity index (χ4n) is 1.37. The van der Waals surface area contributed by atoms with Crippen LogP contribution in [0.3, 0.4) is 0 Å². The van der Waals surface area contributed by atoms with E-state index in [4.69, 9.17) is 0 Å². The van der Waals surface area contributed by atoms with Crippen molar-refractivity contribution in [2.24, 2.45) is 0 Å². The Hall–Kier alpha value is -1.42. The van der Waals surface area contributed by atoms with Crippen molar-refractivity contribution in [3.63, 3.8) is 0 Å². The number of benzene rings is 1. The van der Waals surface area contributed by atoms with Crippen LogP contribution in [-0.2, 0) is 6.54 Å². The molecule has 2 amide bonds. The maximum Gasteiger partial charge on any atom is 0.317 e. The van der Waals surface area contributed by atoms with Gasteiger partial charge in [0.1, 0.15) is 0 Å². The highest BCUT2D eigenvalue weighted by Gasteiger charge is 2.07. The van der Waals surface area contributed by atoms with Crippen molar-refractivity contribution in [1.82, 2.24) is 10.2 Å². The highest BCUT2D eigenvalue weighted by Crippen LogP contribution is 2.15. The molecular weight excluding hydrogens is 232 g/mol. The van der Waals surface area contributed by atoms with Crippen molar-refractivity contribution in [3.05, 3.63) is 42.5 Å². The molecule has 0 aromatic heterocycles. The molecule has 3 nitrogen and oxygen atoms in total. The smallest absolute Gasteiger partial charge is 0.317 e. The maximum absolute atomic E-state index is 11.6. The van der Waals surface area contributed by atoms with Crippen LogP contribution in [0.4, 0.5) is 4.79 Å². The van der Waals surface area contributed by atoms with E-state index in [2.05, 4.69) is 24.0 Å². The number of amides is 2. The van der Waals surface area contributed by atoms with Gasteiger partial charge < -0.3 is 10.2 Å². The fraction of sp³-hybridized carbons (Fsp3) is 0.308. The molecule has 0 aliphatic heterocycles. The number of urea groups is 1. The van der Waals surface area contributed by atoms with Gasteiger partial charge in [-0.3, -0.25) is 0 Å². The molecule has 4 heteroatoms. The van der Waals surface area contributed by atoms with E-state index < -0.39 is 0 Å². The Bertz CT molecular complexity index is 376. The lowest BCUT2D eigenvalue weighted by molar-refractivity contribution is 0.208. The van der Waals surface area contributed by atoms with Gasteiger partial charge in [0.05, 0.1) is 0 Å². The summed E-state index contributed by atoms with van der Waals surface area (Å²) in [6.07, 6.45) is 3.71. The maximum atomic E-state index is 11.6. The van der Waals surface area contributed by atoms with E-state index in [-0.39, 0.29) is 6.03 Å². The van der Waals surface area contributed by atoms with Gasteiger partial charge in [0.2, 0.25) is 0 Å². The second-order valence-electron chi connectivity index (χ2n) is 3.68. The Morgan fingerprint density at radius 3 is 2.65 bits per heavy atom. The minimum atomic E-state index is -0.0844. The summed E-state index contributed by atoms with van der Waals surface area (Å²) in [6.45, 7) is 4.66. The molecule has 0 spiro atoms. The number of carbonyl (C=O) groups is 1. The van der Waals surface area contributed by atoms with Gasteiger partial charge in [0.15, 0.2) is 0 Å². The molecule has 0 radical (unpaired) electrons. The molecule has 0 bridgehead atoms. The molecule has 0 saturated heterocycles. The van der Waals surface area contributed by atoms with Gasteiger partial charge in [0, 0.05) is 25.0 Å². The summed E-state index contributed by atoms with van der Waals surface area (Å²) in [5.41, 5.74) is 1.12. The van der Waals surface area contributed by atoms with Crippen LogP contribution in [0, 0.1) is 0 Å². The first kappa shape index (κ1) is 13.6. The first-order valence-electron chi connectivity index (χ1n) is 5.40. The van der Waals surface area contributed by atoms with E-state index >= 15 is 0 Å². The Labute approximate surface area is 107 Å². The van der Waals surface area contributed by atoms with Crippen LogP contribution >= 0.6 is 11.8 Å². The van der Waals surface area contributed by atoms with E-state index in [0.717, 1.165) is 5.56 Å².